The lowest BCUT2D eigenvalue weighted by Crippen LogP contribution is -2.33. The molecule has 0 heterocycles. The first-order valence-electron chi connectivity index (χ1n) is 23.5. The van der Waals surface area contributed by atoms with E-state index in [4.69, 9.17) is 31.1 Å². The molecule has 0 aliphatic heterocycles. The lowest BCUT2D eigenvalue weighted by atomic mass is 9.80. The minimum absolute atomic E-state index is 0.229. The van der Waals surface area contributed by atoms with E-state index in [1.807, 2.05) is 107 Å². The number of aliphatic hydroxyl groups is 2. The maximum Gasteiger partial charge on any atom is 0.491 e. The van der Waals surface area contributed by atoms with Crippen LogP contribution in [0.15, 0.2) is 127 Å². The number of carboxylic acid groups (broad SMARTS) is 2. The van der Waals surface area contributed by atoms with Crippen molar-refractivity contribution in [2.45, 2.75) is 46.6 Å². The van der Waals surface area contributed by atoms with Gasteiger partial charge in [0.05, 0.1) is 19.1 Å². The minimum Gasteiger partial charge on any atom is -0.481 e. The van der Waals surface area contributed by atoms with Crippen LogP contribution < -0.4 is 11.2 Å². The minimum atomic E-state index is -1.97. The third-order valence-electron chi connectivity index (χ3n) is 12.0. The van der Waals surface area contributed by atoms with E-state index in [0.29, 0.717) is 29.5 Å². The van der Waals surface area contributed by atoms with Crippen LogP contribution >= 0.6 is 0 Å². The number of hydrogen-bond donors (Lipinski definition) is 7. The SMILES string of the molecule is Cc1ccc(C=O)cc1/C=C/c1cccc(-c2cccc(F)c2F)c1C.Cc1ccc(CCC(CO)C(=O)O)cc1/C=C/c1cccc(-c2cccc(F)c2F)c1C.NC(CO)C(=O)O.OB(O)c1cccc(F)c1F. The molecule has 0 spiro atoms. The van der Waals surface area contributed by atoms with Crippen LogP contribution in [0.25, 0.3) is 46.6 Å². The Labute approximate surface area is 436 Å². The summed E-state index contributed by atoms with van der Waals surface area (Å²) in [6.45, 7) is 6.84. The van der Waals surface area contributed by atoms with Crippen LogP contribution in [-0.4, -0.2) is 75.1 Å². The van der Waals surface area contributed by atoms with E-state index in [0.717, 1.165) is 80.6 Å². The zero-order valence-corrected chi connectivity index (χ0v) is 41.8. The van der Waals surface area contributed by atoms with Gasteiger partial charge in [0.2, 0.25) is 0 Å². The van der Waals surface area contributed by atoms with Crippen LogP contribution in [0.4, 0.5) is 26.3 Å². The Balaban J connectivity index is 0.000000251. The summed E-state index contributed by atoms with van der Waals surface area (Å²) in [5, 5.41) is 51.2. The lowest BCUT2D eigenvalue weighted by molar-refractivity contribution is -0.143. The predicted octanol–water partition coefficient (Wildman–Crippen LogP) is 10.3. The molecule has 0 fully saturated rings. The van der Waals surface area contributed by atoms with Gasteiger partial charge in [-0.25, -0.2) is 26.3 Å². The molecule has 7 rings (SSSR count). The summed E-state index contributed by atoms with van der Waals surface area (Å²) >= 11 is 0. The predicted molar refractivity (Wildman–Crippen MR) is 284 cm³/mol. The molecule has 0 aromatic heterocycles. The van der Waals surface area contributed by atoms with Crippen molar-refractivity contribution >= 4 is 55.1 Å². The molecule has 76 heavy (non-hydrogen) atoms. The molecule has 0 radical (unpaired) electrons. The number of aryl methyl sites for hydroxylation is 3. The van der Waals surface area contributed by atoms with Gasteiger partial charge in [0, 0.05) is 22.2 Å². The van der Waals surface area contributed by atoms with Gasteiger partial charge in [-0.2, -0.15) is 0 Å². The maximum absolute atomic E-state index is 14.3. The van der Waals surface area contributed by atoms with Gasteiger partial charge in [-0.05, 0) is 126 Å². The van der Waals surface area contributed by atoms with E-state index in [2.05, 4.69) is 0 Å². The molecule has 7 aromatic carbocycles. The molecule has 396 valence electrons. The molecular formula is C59H56BF6NO9. The Hall–Kier alpha value is -7.93. The van der Waals surface area contributed by atoms with E-state index in [1.54, 1.807) is 30.3 Å². The molecular weight excluding hydrogens is 991 g/mol. The number of carboxylic acids is 2. The third kappa shape index (κ3) is 16.8. The highest BCUT2D eigenvalue weighted by Crippen LogP contribution is 2.32. The summed E-state index contributed by atoms with van der Waals surface area (Å²) in [5.41, 5.74) is 15.2. The fraction of sp³-hybridized carbons (Fsp3) is 0.169. The summed E-state index contributed by atoms with van der Waals surface area (Å²) in [6, 6.07) is 32.9. The number of aliphatic carboxylic acids is 2. The number of aliphatic hydroxyl groups excluding tert-OH is 2. The smallest absolute Gasteiger partial charge is 0.481 e. The fourth-order valence-electron chi connectivity index (χ4n) is 7.40. The first-order chi connectivity index (χ1) is 36.1. The van der Waals surface area contributed by atoms with Crippen molar-refractivity contribution in [1.29, 1.82) is 0 Å². The number of rotatable bonds is 15. The Morgan fingerprint density at radius 2 is 0.974 bits per heavy atom. The van der Waals surface area contributed by atoms with E-state index in [9.17, 15) is 45.8 Å². The van der Waals surface area contributed by atoms with Crippen molar-refractivity contribution in [2.75, 3.05) is 13.2 Å². The highest BCUT2D eigenvalue weighted by molar-refractivity contribution is 6.58. The molecule has 0 aliphatic carbocycles. The van der Waals surface area contributed by atoms with Gasteiger partial charge in [-0.1, -0.05) is 127 Å². The Morgan fingerprint density at radius 1 is 0.539 bits per heavy atom. The van der Waals surface area contributed by atoms with Crippen LogP contribution in [0.5, 0.6) is 0 Å². The van der Waals surface area contributed by atoms with E-state index < -0.39 is 78.0 Å². The third-order valence-corrected chi connectivity index (χ3v) is 12.0. The van der Waals surface area contributed by atoms with Gasteiger partial charge >= 0.3 is 19.1 Å². The van der Waals surface area contributed by atoms with Crippen LogP contribution in [0, 0.1) is 68.5 Å². The number of halogens is 6. The van der Waals surface area contributed by atoms with Crippen LogP contribution in [0.3, 0.4) is 0 Å². The van der Waals surface area contributed by atoms with Gasteiger partial charge in [0.1, 0.15) is 12.3 Å². The van der Waals surface area contributed by atoms with Crippen molar-refractivity contribution in [1.82, 2.24) is 0 Å². The number of benzene rings is 7. The molecule has 2 unspecified atom stereocenters. The van der Waals surface area contributed by atoms with Gasteiger partial charge in [-0.3, -0.25) is 14.4 Å². The van der Waals surface area contributed by atoms with E-state index >= 15 is 0 Å². The van der Waals surface area contributed by atoms with Gasteiger partial charge in [-0.15, -0.1) is 0 Å². The fourth-order valence-corrected chi connectivity index (χ4v) is 7.40. The number of carbonyl (C=O) groups is 3. The second-order valence-corrected chi connectivity index (χ2v) is 17.2. The molecule has 2 atom stereocenters. The van der Waals surface area contributed by atoms with Gasteiger partial charge in [0.25, 0.3) is 0 Å². The normalized spacial score (nSPS) is 11.6. The monoisotopic (exact) mass is 1050 g/mol. The first-order valence-corrected chi connectivity index (χ1v) is 23.5. The Bertz CT molecular complexity index is 3200. The molecule has 17 heteroatoms. The zero-order valence-electron chi connectivity index (χ0n) is 41.8. The van der Waals surface area contributed by atoms with Crippen molar-refractivity contribution in [2.24, 2.45) is 11.7 Å². The topological polar surface area (TPSA) is 199 Å². The van der Waals surface area contributed by atoms with Gasteiger partial charge in [0.15, 0.2) is 34.9 Å². The van der Waals surface area contributed by atoms with Crippen LogP contribution in [0.1, 0.15) is 66.8 Å². The van der Waals surface area contributed by atoms with Crippen molar-refractivity contribution in [3.05, 3.63) is 218 Å². The van der Waals surface area contributed by atoms with Crippen molar-refractivity contribution in [3.8, 4) is 22.3 Å². The zero-order chi connectivity index (χ0) is 56.2. The summed E-state index contributed by atoms with van der Waals surface area (Å²) < 4.78 is 80.6. The molecule has 7 aromatic rings. The standard InChI is InChI=1S/C27H26F2O3.C23H18F2O.C6H5BF2O2.C3H7NO3/c1-17-9-10-19(11-12-22(16-30)27(31)32)15-21(17)14-13-20-5-3-6-23(18(20)2)24-7-4-8-25(28)26(24)29;1-15-9-10-17(14-26)13-19(15)12-11-18-5-3-6-20(16(18)2)21-7-4-8-22(24)23(21)25;8-5-3-1-2-4(6(5)9)7(10)11;4-2(1-5)3(6)7/h3-10,13-15,22,30H,11-12,16H2,1-2H3,(H,31,32);3-14H,1-2H3;1-3,10-11H;2,5H,1,4H2,(H,6,7)/b14-13+;12-11+;;. The second kappa shape index (κ2) is 29.2. The summed E-state index contributed by atoms with van der Waals surface area (Å²) in [6.07, 6.45) is 9.48. The second-order valence-electron chi connectivity index (χ2n) is 17.2. The number of aldehydes is 1. The quantitative estimate of drug-likeness (QED) is 0.0224. The van der Waals surface area contributed by atoms with Crippen LogP contribution in [-0.2, 0) is 16.0 Å². The summed E-state index contributed by atoms with van der Waals surface area (Å²) in [5.74, 6) is -8.69. The molecule has 0 saturated heterocycles. The average Bonchev–Trinajstić information content (AvgIpc) is 3.40. The summed E-state index contributed by atoms with van der Waals surface area (Å²) in [7, 11) is -1.97. The molecule has 0 aliphatic rings. The number of nitrogens with two attached hydrogens (primary N) is 1. The molecule has 0 bridgehead atoms. The average molecular weight is 1050 g/mol. The lowest BCUT2D eigenvalue weighted by Gasteiger charge is -2.11. The largest absolute Gasteiger partial charge is 0.491 e. The number of carbonyl (C=O) groups excluding carboxylic acids is 1. The molecule has 10 nitrogen and oxygen atoms in total. The molecule has 0 amide bonds. The van der Waals surface area contributed by atoms with Crippen LogP contribution in [0.2, 0.25) is 0 Å². The highest BCUT2D eigenvalue weighted by atomic mass is 19.2. The Kier molecular flexibility index (Phi) is 23.3. The first kappa shape index (κ1) is 60.6. The highest BCUT2D eigenvalue weighted by Gasteiger charge is 2.19. The van der Waals surface area contributed by atoms with Crippen molar-refractivity contribution in [3.63, 3.8) is 0 Å². The van der Waals surface area contributed by atoms with Crippen molar-refractivity contribution < 1.29 is 71.2 Å². The van der Waals surface area contributed by atoms with E-state index in [1.165, 1.54) is 18.2 Å². The Morgan fingerprint density at radius 3 is 1.39 bits per heavy atom. The van der Waals surface area contributed by atoms with Gasteiger partial charge < -0.3 is 36.2 Å². The molecule has 0 saturated carbocycles. The van der Waals surface area contributed by atoms with E-state index in [-0.39, 0.29) is 17.7 Å². The maximum atomic E-state index is 14.3. The number of hydrogen-bond acceptors (Lipinski definition) is 8. The molecule has 8 N–H and O–H groups in total. The summed E-state index contributed by atoms with van der Waals surface area (Å²) in [4.78, 5) is 31.7.